The Morgan fingerprint density at radius 2 is 1.97 bits per heavy atom. The lowest BCUT2D eigenvalue weighted by Gasteiger charge is -2.28. The summed E-state index contributed by atoms with van der Waals surface area (Å²) >= 11 is 0. The Morgan fingerprint density at radius 3 is 2.62 bits per heavy atom. The van der Waals surface area contributed by atoms with E-state index in [-0.39, 0.29) is 36.5 Å². The Kier molecular flexibility index (Phi) is 9.46. The van der Waals surface area contributed by atoms with E-state index in [1.807, 2.05) is 32.0 Å². The van der Waals surface area contributed by atoms with Gasteiger partial charge in [0, 0.05) is 25.1 Å². The molecule has 0 aromatic heterocycles. The largest absolute Gasteiger partial charge is 0.480 e. The Bertz CT molecular complexity index is 1270. The zero-order chi connectivity index (χ0) is 27.2. The first-order valence-electron chi connectivity index (χ1n) is 12.2. The van der Waals surface area contributed by atoms with Crippen LogP contribution >= 0.6 is 0 Å². The lowest BCUT2D eigenvalue weighted by atomic mass is 10.0. The Labute approximate surface area is 216 Å². The minimum atomic E-state index is -4.16. The van der Waals surface area contributed by atoms with Crippen LogP contribution in [0.5, 0.6) is 0 Å². The highest BCUT2D eigenvalue weighted by molar-refractivity contribution is 7.89. The molecule has 1 aliphatic rings. The van der Waals surface area contributed by atoms with Gasteiger partial charge in [-0.3, -0.25) is 14.6 Å². The number of fused-ring (bicyclic) bond motifs is 1. The molecule has 1 saturated heterocycles. The van der Waals surface area contributed by atoms with Gasteiger partial charge in [-0.15, -0.1) is 0 Å². The van der Waals surface area contributed by atoms with Crippen molar-refractivity contribution in [1.29, 1.82) is 0 Å². The molecule has 0 saturated carbocycles. The third kappa shape index (κ3) is 7.63. The van der Waals surface area contributed by atoms with Crippen LogP contribution in [0.2, 0.25) is 0 Å². The predicted molar refractivity (Wildman–Crippen MR) is 141 cm³/mol. The molecule has 2 atom stereocenters. The summed E-state index contributed by atoms with van der Waals surface area (Å²) in [6.45, 7) is 4.06. The third-order valence-corrected chi connectivity index (χ3v) is 7.90. The number of nitrogens with one attached hydrogen (secondary N) is 1. The van der Waals surface area contributed by atoms with Crippen molar-refractivity contribution in [2.24, 2.45) is 16.5 Å². The van der Waals surface area contributed by atoms with Gasteiger partial charge >= 0.3 is 5.97 Å². The van der Waals surface area contributed by atoms with E-state index in [2.05, 4.69) is 9.71 Å². The summed E-state index contributed by atoms with van der Waals surface area (Å²) in [5.74, 6) is -1.96. The van der Waals surface area contributed by atoms with Crippen LogP contribution in [0.15, 0.2) is 40.2 Å². The molecular weight excluding hydrogens is 498 g/mol. The molecule has 1 unspecified atom stereocenters. The smallest absolute Gasteiger partial charge is 0.323 e. The van der Waals surface area contributed by atoms with Crippen molar-refractivity contribution in [2.75, 3.05) is 26.2 Å². The van der Waals surface area contributed by atoms with Crippen molar-refractivity contribution < 1.29 is 27.9 Å². The van der Waals surface area contributed by atoms with Crippen LogP contribution in [0.25, 0.3) is 10.8 Å². The quantitative estimate of drug-likeness (QED) is 0.179. The van der Waals surface area contributed by atoms with Crippen LogP contribution in [0.4, 0.5) is 0 Å². The molecule has 1 amide bonds. The summed E-state index contributed by atoms with van der Waals surface area (Å²) in [6, 6.07) is 7.47. The van der Waals surface area contributed by atoms with Gasteiger partial charge in [-0.25, -0.2) is 8.42 Å². The Hall–Kier alpha value is -3.22. The number of ether oxygens (including phenoxy) is 1. The maximum atomic E-state index is 13.6. The fraction of sp³-hybridized carbons (Fsp3) is 0.480. The van der Waals surface area contributed by atoms with Gasteiger partial charge in [-0.05, 0) is 68.2 Å². The van der Waals surface area contributed by atoms with E-state index < -0.39 is 34.5 Å². The average Bonchev–Trinajstić information content (AvgIpc) is 3.33. The molecule has 1 heterocycles. The lowest BCUT2D eigenvalue weighted by molar-refractivity contribution is -0.146. The molecule has 6 N–H and O–H groups in total. The average molecular weight is 534 g/mol. The fourth-order valence-corrected chi connectivity index (χ4v) is 5.83. The molecule has 202 valence electrons. The maximum Gasteiger partial charge on any atom is 0.323 e. The van der Waals surface area contributed by atoms with Gasteiger partial charge < -0.3 is 26.2 Å². The summed E-state index contributed by atoms with van der Waals surface area (Å²) in [4.78, 5) is 30.2. The number of nitrogens with zero attached hydrogens (tertiary/aromatic N) is 2. The van der Waals surface area contributed by atoms with Crippen molar-refractivity contribution >= 4 is 38.6 Å². The number of hydrogen-bond donors (Lipinski definition) is 4. The SMILES string of the molecule is Cc1cc2cccc(S(=O)(=O)N[C@@H](CCCN=C(N)N)C(=O)N(CC(=O)O)CC3CCCO3)c2cc1C. The minimum absolute atomic E-state index is 0.0408. The van der Waals surface area contributed by atoms with E-state index in [4.69, 9.17) is 16.2 Å². The Balaban J connectivity index is 1.93. The first kappa shape index (κ1) is 28.4. The highest BCUT2D eigenvalue weighted by atomic mass is 32.2. The second-order valence-electron chi connectivity index (χ2n) is 9.28. The summed E-state index contributed by atoms with van der Waals surface area (Å²) in [5, 5.41) is 10.7. The number of carbonyl (C=O) groups is 2. The minimum Gasteiger partial charge on any atom is -0.480 e. The van der Waals surface area contributed by atoms with Gasteiger partial charge in [-0.1, -0.05) is 18.2 Å². The number of hydrogen-bond acceptors (Lipinski definition) is 6. The number of aliphatic imine (C=N–C) groups is 1. The molecule has 3 rings (SSSR count). The highest BCUT2D eigenvalue weighted by Gasteiger charge is 2.32. The first-order chi connectivity index (χ1) is 17.5. The van der Waals surface area contributed by atoms with E-state index in [0.29, 0.717) is 24.8 Å². The topological polar surface area (TPSA) is 177 Å². The van der Waals surface area contributed by atoms with Crippen LogP contribution in [0.1, 0.15) is 36.8 Å². The second-order valence-corrected chi connectivity index (χ2v) is 11.0. The molecule has 0 aliphatic carbocycles. The molecule has 1 aliphatic heterocycles. The molecule has 0 radical (unpaired) electrons. The standard InChI is InChI=1S/C25H35N5O6S/c1-16-12-18-6-3-9-22(20(18)13-17(16)2)37(34,35)29-21(8-4-10-28-25(26)27)24(33)30(15-23(31)32)14-19-7-5-11-36-19/h3,6,9,12-13,19,21,29H,4-5,7-8,10-11,14-15H2,1-2H3,(H,31,32)(H4,26,27,28)/t19?,21-/m0/s1. The fourth-order valence-electron chi connectivity index (χ4n) is 4.39. The lowest BCUT2D eigenvalue weighted by Crippen LogP contribution is -2.51. The predicted octanol–water partition coefficient (Wildman–Crippen LogP) is 1.25. The van der Waals surface area contributed by atoms with Gasteiger partial charge in [0.25, 0.3) is 0 Å². The van der Waals surface area contributed by atoms with Crippen LogP contribution in [-0.4, -0.2) is 74.6 Å². The van der Waals surface area contributed by atoms with Gasteiger partial charge in [-0.2, -0.15) is 4.72 Å². The molecule has 2 aromatic rings. The van der Waals surface area contributed by atoms with E-state index >= 15 is 0 Å². The molecule has 12 heteroatoms. The van der Waals surface area contributed by atoms with E-state index in [1.54, 1.807) is 6.07 Å². The van der Waals surface area contributed by atoms with Gasteiger partial charge in [0.2, 0.25) is 15.9 Å². The second kappa shape index (κ2) is 12.3. The van der Waals surface area contributed by atoms with Crippen LogP contribution in [-0.2, 0) is 24.3 Å². The highest BCUT2D eigenvalue weighted by Crippen LogP contribution is 2.26. The molecule has 2 aromatic carbocycles. The van der Waals surface area contributed by atoms with Gasteiger partial charge in [0.1, 0.15) is 12.6 Å². The number of carbonyl (C=O) groups excluding carboxylic acids is 1. The zero-order valence-corrected chi connectivity index (χ0v) is 22.0. The summed E-state index contributed by atoms with van der Waals surface area (Å²) in [5.41, 5.74) is 12.7. The summed E-state index contributed by atoms with van der Waals surface area (Å²) < 4.78 is 35.3. The van der Waals surface area contributed by atoms with E-state index in [1.165, 1.54) is 6.07 Å². The van der Waals surface area contributed by atoms with Crippen molar-refractivity contribution in [2.45, 2.75) is 56.6 Å². The third-order valence-electron chi connectivity index (χ3n) is 6.37. The van der Waals surface area contributed by atoms with Crippen molar-refractivity contribution in [3.8, 4) is 0 Å². The van der Waals surface area contributed by atoms with Gasteiger partial charge in [0.15, 0.2) is 5.96 Å². The van der Waals surface area contributed by atoms with E-state index in [9.17, 15) is 23.1 Å². The number of guanidine groups is 1. The number of nitrogens with two attached hydrogens (primary N) is 2. The van der Waals surface area contributed by atoms with Crippen molar-refractivity contribution in [3.63, 3.8) is 0 Å². The monoisotopic (exact) mass is 533 g/mol. The number of aliphatic carboxylic acids is 1. The molecule has 0 bridgehead atoms. The van der Waals surface area contributed by atoms with Crippen LogP contribution in [0.3, 0.4) is 0 Å². The molecule has 1 fully saturated rings. The summed E-state index contributed by atoms with van der Waals surface area (Å²) in [6.07, 6.45) is 1.57. The first-order valence-corrected chi connectivity index (χ1v) is 13.7. The molecular formula is C25H35N5O6S. The van der Waals surface area contributed by atoms with Crippen molar-refractivity contribution in [3.05, 3.63) is 41.5 Å². The molecule has 11 nitrogen and oxygen atoms in total. The summed E-state index contributed by atoms with van der Waals surface area (Å²) in [7, 11) is -4.16. The Morgan fingerprint density at radius 1 is 1.24 bits per heavy atom. The van der Waals surface area contributed by atoms with E-state index in [0.717, 1.165) is 27.8 Å². The van der Waals surface area contributed by atoms with Crippen LogP contribution < -0.4 is 16.2 Å². The maximum absolute atomic E-state index is 13.6. The number of carboxylic acids is 1. The number of carboxylic acid groups (broad SMARTS) is 1. The number of benzene rings is 2. The van der Waals surface area contributed by atoms with Crippen LogP contribution in [0, 0.1) is 13.8 Å². The number of rotatable bonds is 12. The normalized spacial score (nSPS) is 16.4. The molecule has 0 spiro atoms. The number of sulfonamides is 1. The number of amides is 1. The number of aryl methyl sites for hydroxylation is 2. The van der Waals surface area contributed by atoms with Gasteiger partial charge in [0.05, 0.1) is 11.0 Å². The molecule has 37 heavy (non-hydrogen) atoms. The van der Waals surface area contributed by atoms with Crippen molar-refractivity contribution in [1.82, 2.24) is 9.62 Å². The zero-order valence-electron chi connectivity index (χ0n) is 21.1.